The molecule has 0 spiro atoms. The Labute approximate surface area is 127 Å². The van der Waals surface area contributed by atoms with Gasteiger partial charge in [0.1, 0.15) is 0 Å². The highest BCUT2D eigenvalue weighted by atomic mass is 79.9. The smallest absolute Gasteiger partial charge is 0.303 e. The summed E-state index contributed by atoms with van der Waals surface area (Å²) < 4.78 is 0.774. The molecule has 1 amide bonds. The number of amides is 1. The number of benzene rings is 1. The lowest BCUT2D eigenvalue weighted by Crippen LogP contribution is -2.26. The maximum absolute atomic E-state index is 12.0. The Balaban J connectivity index is 2.37. The van der Waals surface area contributed by atoms with Crippen LogP contribution in [0.2, 0.25) is 0 Å². The third-order valence-electron chi connectivity index (χ3n) is 3.30. The molecule has 5 heteroatoms. The van der Waals surface area contributed by atoms with Crippen LogP contribution < -0.4 is 5.32 Å². The van der Waals surface area contributed by atoms with Gasteiger partial charge in [0.2, 0.25) is 0 Å². The van der Waals surface area contributed by atoms with E-state index in [2.05, 4.69) is 21.2 Å². The molecule has 1 atom stereocenters. The minimum Gasteiger partial charge on any atom is -0.481 e. The summed E-state index contributed by atoms with van der Waals surface area (Å²) in [4.78, 5) is 22.5. The highest BCUT2D eigenvalue weighted by molar-refractivity contribution is 9.10. The molecular formula is C15H20BrNO3. The molecule has 0 aliphatic heterocycles. The fraction of sp³-hybridized carbons (Fsp3) is 0.467. The molecule has 1 rings (SSSR count). The van der Waals surface area contributed by atoms with E-state index in [1.165, 1.54) is 0 Å². The molecule has 0 bridgehead atoms. The SMILES string of the molecule is CCC(CCNC(=O)c1ccccc1Br)CCC(=O)O. The normalized spacial score (nSPS) is 11.9. The lowest BCUT2D eigenvalue weighted by atomic mass is 9.96. The van der Waals surface area contributed by atoms with Crippen LogP contribution in [0.25, 0.3) is 0 Å². The number of nitrogens with one attached hydrogen (secondary N) is 1. The molecule has 4 nitrogen and oxygen atoms in total. The van der Waals surface area contributed by atoms with Gasteiger partial charge < -0.3 is 10.4 Å². The predicted octanol–water partition coefficient (Wildman–Crippen LogP) is 3.46. The lowest BCUT2D eigenvalue weighted by molar-refractivity contribution is -0.137. The van der Waals surface area contributed by atoms with Crippen molar-refractivity contribution in [3.05, 3.63) is 34.3 Å². The van der Waals surface area contributed by atoms with E-state index in [1.807, 2.05) is 25.1 Å². The molecule has 1 unspecified atom stereocenters. The number of aliphatic carboxylic acids is 1. The summed E-state index contributed by atoms with van der Waals surface area (Å²) in [5.74, 6) is -0.531. The van der Waals surface area contributed by atoms with Crippen molar-refractivity contribution >= 4 is 27.8 Å². The number of halogens is 1. The monoisotopic (exact) mass is 341 g/mol. The Hall–Kier alpha value is -1.36. The predicted molar refractivity (Wildman–Crippen MR) is 81.7 cm³/mol. The second kappa shape index (κ2) is 8.74. The lowest BCUT2D eigenvalue weighted by Gasteiger charge is -2.14. The summed E-state index contributed by atoms with van der Waals surface area (Å²) in [5, 5.41) is 11.6. The van der Waals surface area contributed by atoms with Crippen molar-refractivity contribution < 1.29 is 14.7 Å². The van der Waals surface area contributed by atoms with Gasteiger partial charge in [-0.3, -0.25) is 9.59 Å². The molecule has 0 saturated carbocycles. The minimum absolute atomic E-state index is 0.106. The van der Waals surface area contributed by atoms with Crippen LogP contribution in [-0.2, 0) is 4.79 Å². The number of carboxylic acid groups (broad SMARTS) is 1. The van der Waals surface area contributed by atoms with Gasteiger partial charge in [0.05, 0.1) is 5.56 Å². The number of carbonyl (C=O) groups is 2. The van der Waals surface area contributed by atoms with Gasteiger partial charge in [-0.25, -0.2) is 0 Å². The van der Waals surface area contributed by atoms with E-state index in [1.54, 1.807) is 6.07 Å². The van der Waals surface area contributed by atoms with E-state index in [9.17, 15) is 9.59 Å². The van der Waals surface area contributed by atoms with Gasteiger partial charge in [-0.15, -0.1) is 0 Å². The molecule has 1 aromatic carbocycles. The Morgan fingerprint density at radius 1 is 1.30 bits per heavy atom. The zero-order chi connectivity index (χ0) is 15.0. The maximum Gasteiger partial charge on any atom is 0.303 e. The van der Waals surface area contributed by atoms with E-state index in [-0.39, 0.29) is 12.3 Å². The van der Waals surface area contributed by atoms with Gasteiger partial charge in [-0.05, 0) is 46.8 Å². The fourth-order valence-corrected chi connectivity index (χ4v) is 2.48. The van der Waals surface area contributed by atoms with Crippen LogP contribution in [0.15, 0.2) is 28.7 Å². The summed E-state index contributed by atoms with van der Waals surface area (Å²) >= 11 is 3.35. The Kier molecular flexibility index (Phi) is 7.30. The topological polar surface area (TPSA) is 66.4 Å². The quantitative estimate of drug-likeness (QED) is 0.760. The third-order valence-corrected chi connectivity index (χ3v) is 3.99. The number of hydrogen-bond donors (Lipinski definition) is 2. The molecule has 20 heavy (non-hydrogen) atoms. The van der Waals surface area contributed by atoms with Gasteiger partial charge in [-0.2, -0.15) is 0 Å². The van der Waals surface area contributed by atoms with E-state index < -0.39 is 5.97 Å². The summed E-state index contributed by atoms with van der Waals surface area (Å²) in [7, 11) is 0. The number of carbonyl (C=O) groups excluding carboxylic acids is 1. The summed E-state index contributed by atoms with van der Waals surface area (Å²) in [6.45, 7) is 2.61. The molecule has 110 valence electrons. The van der Waals surface area contributed by atoms with Gasteiger partial charge in [-0.1, -0.05) is 25.5 Å². The largest absolute Gasteiger partial charge is 0.481 e. The second-order valence-electron chi connectivity index (χ2n) is 4.73. The van der Waals surface area contributed by atoms with E-state index in [0.29, 0.717) is 24.4 Å². The molecular weight excluding hydrogens is 322 g/mol. The van der Waals surface area contributed by atoms with E-state index in [4.69, 9.17) is 5.11 Å². The minimum atomic E-state index is -0.763. The zero-order valence-corrected chi connectivity index (χ0v) is 13.1. The van der Waals surface area contributed by atoms with Gasteiger partial charge in [0.15, 0.2) is 0 Å². The summed E-state index contributed by atoms with van der Waals surface area (Å²) in [6, 6.07) is 7.28. The highest BCUT2D eigenvalue weighted by Crippen LogP contribution is 2.17. The molecule has 0 radical (unpaired) electrons. The first-order chi connectivity index (χ1) is 9.54. The van der Waals surface area contributed by atoms with Crippen molar-refractivity contribution in [3.8, 4) is 0 Å². The molecule has 1 aromatic rings. The highest BCUT2D eigenvalue weighted by Gasteiger charge is 2.11. The van der Waals surface area contributed by atoms with Crippen molar-refractivity contribution in [1.82, 2.24) is 5.32 Å². The average molecular weight is 342 g/mol. The number of carboxylic acids is 1. The summed E-state index contributed by atoms with van der Waals surface area (Å²) in [6.07, 6.45) is 2.59. The Bertz CT molecular complexity index is 462. The van der Waals surface area contributed by atoms with Crippen LogP contribution >= 0.6 is 15.9 Å². The number of rotatable bonds is 8. The fourth-order valence-electron chi connectivity index (χ4n) is 2.01. The van der Waals surface area contributed by atoms with E-state index in [0.717, 1.165) is 17.3 Å². The van der Waals surface area contributed by atoms with Gasteiger partial charge in [0, 0.05) is 17.4 Å². The van der Waals surface area contributed by atoms with Crippen molar-refractivity contribution in [2.45, 2.75) is 32.6 Å². The van der Waals surface area contributed by atoms with Crippen molar-refractivity contribution in [1.29, 1.82) is 0 Å². The van der Waals surface area contributed by atoms with Gasteiger partial charge in [0.25, 0.3) is 5.91 Å². The standard InChI is InChI=1S/C15H20BrNO3/c1-2-11(7-8-14(18)19)9-10-17-15(20)12-5-3-4-6-13(12)16/h3-6,11H,2,7-10H2,1H3,(H,17,20)(H,18,19). The molecule has 0 heterocycles. The first-order valence-electron chi connectivity index (χ1n) is 6.79. The summed E-state index contributed by atoms with van der Waals surface area (Å²) in [5.41, 5.74) is 0.617. The van der Waals surface area contributed by atoms with Crippen LogP contribution in [0, 0.1) is 5.92 Å². The maximum atomic E-state index is 12.0. The first-order valence-corrected chi connectivity index (χ1v) is 7.58. The van der Waals surface area contributed by atoms with Crippen molar-refractivity contribution in [3.63, 3.8) is 0 Å². The zero-order valence-electron chi connectivity index (χ0n) is 11.6. The first kappa shape index (κ1) is 16.7. The molecule has 0 fully saturated rings. The van der Waals surface area contributed by atoms with E-state index >= 15 is 0 Å². The van der Waals surface area contributed by atoms with Crippen LogP contribution in [0.1, 0.15) is 43.0 Å². The second-order valence-corrected chi connectivity index (χ2v) is 5.59. The third kappa shape index (κ3) is 5.74. The number of hydrogen-bond acceptors (Lipinski definition) is 2. The van der Waals surface area contributed by atoms with Crippen LogP contribution in [0.4, 0.5) is 0 Å². The van der Waals surface area contributed by atoms with Gasteiger partial charge >= 0.3 is 5.97 Å². The Morgan fingerprint density at radius 3 is 2.60 bits per heavy atom. The van der Waals surface area contributed by atoms with Crippen LogP contribution in [-0.4, -0.2) is 23.5 Å². The molecule has 0 saturated heterocycles. The van der Waals surface area contributed by atoms with Crippen LogP contribution in [0.3, 0.4) is 0 Å². The average Bonchev–Trinajstić information content (AvgIpc) is 2.42. The van der Waals surface area contributed by atoms with Crippen molar-refractivity contribution in [2.24, 2.45) is 5.92 Å². The molecule has 0 aliphatic rings. The van der Waals surface area contributed by atoms with Crippen LogP contribution in [0.5, 0.6) is 0 Å². The van der Waals surface area contributed by atoms with Crippen molar-refractivity contribution in [2.75, 3.05) is 6.54 Å². The Morgan fingerprint density at radius 2 is 2.00 bits per heavy atom. The molecule has 0 aliphatic carbocycles. The molecule has 2 N–H and O–H groups in total. The molecule has 0 aromatic heterocycles.